The molecule has 1 amide bonds. The van der Waals surface area contributed by atoms with Crippen LogP contribution in [-0.4, -0.2) is 28.5 Å². The third-order valence-electron chi connectivity index (χ3n) is 3.57. The van der Waals surface area contributed by atoms with E-state index in [9.17, 15) is 4.79 Å². The second-order valence-corrected chi connectivity index (χ2v) is 5.78. The minimum atomic E-state index is -0.224. The number of carbonyl (C=O) groups is 1. The number of carbonyl (C=O) groups excluding carboxylic acids is 1. The Balaban J connectivity index is 1.78. The molecule has 8 heteroatoms. The average molecular weight is 343 g/mol. The van der Waals surface area contributed by atoms with Crippen LogP contribution in [-0.2, 0) is 4.79 Å². The molecule has 1 fully saturated rings. The van der Waals surface area contributed by atoms with E-state index in [1.165, 1.54) is 0 Å². The number of nitriles is 1. The Morgan fingerprint density at radius 3 is 2.71 bits per heavy atom. The molecule has 0 spiro atoms. The van der Waals surface area contributed by atoms with Crippen LogP contribution < -0.4 is 16.0 Å². The van der Waals surface area contributed by atoms with Gasteiger partial charge in [-0.25, -0.2) is 9.97 Å². The molecule has 0 unspecified atom stereocenters. The standard InChI is InChI=1S/C16H15ClN6O/c17-10-3-5-11(6-4-10)20-13-8-14(22-15(9-18)21-13)23-16(24)12-2-1-7-19-12/h3-6,8,12,19H,1-2,7H2,(H2,20,21,22,23,24)/t12-/m0/s1. The van der Waals surface area contributed by atoms with Gasteiger partial charge in [-0.05, 0) is 43.7 Å². The number of amides is 1. The van der Waals surface area contributed by atoms with Crippen LogP contribution in [0, 0.1) is 11.3 Å². The van der Waals surface area contributed by atoms with Gasteiger partial charge in [0.15, 0.2) is 0 Å². The smallest absolute Gasteiger partial charge is 0.242 e. The van der Waals surface area contributed by atoms with Gasteiger partial charge in [0.25, 0.3) is 0 Å². The van der Waals surface area contributed by atoms with Crippen molar-refractivity contribution in [1.29, 1.82) is 5.26 Å². The van der Waals surface area contributed by atoms with E-state index in [0.717, 1.165) is 25.1 Å². The monoisotopic (exact) mass is 342 g/mol. The molecule has 7 nitrogen and oxygen atoms in total. The highest BCUT2D eigenvalue weighted by Crippen LogP contribution is 2.20. The first-order valence-electron chi connectivity index (χ1n) is 7.50. The highest BCUT2D eigenvalue weighted by molar-refractivity contribution is 6.30. The fourth-order valence-corrected chi connectivity index (χ4v) is 2.55. The molecular formula is C16H15ClN6O. The summed E-state index contributed by atoms with van der Waals surface area (Å²) in [5.41, 5.74) is 0.761. The van der Waals surface area contributed by atoms with E-state index in [1.54, 1.807) is 30.3 Å². The van der Waals surface area contributed by atoms with Crippen LogP contribution in [0.5, 0.6) is 0 Å². The topological polar surface area (TPSA) is 103 Å². The molecule has 0 bridgehead atoms. The summed E-state index contributed by atoms with van der Waals surface area (Å²) in [6.45, 7) is 0.828. The van der Waals surface area contributed by atoms with E-state index in [4.69, 9.17) is 16.9 Å². The lowest BCUT2D eigenvalue weighted by Crippen LogP contribution is -2.35. The van der Waals surface area contributed by atoms with Crippen molar-refractivity contribution in [2.75, 3.05) is 17.2 Å². The number of hydrogen-bond donors (Lipinski definition) is 3. The molecule has 0 saturated carbocycles. The molecule has 0 aliphatic carbocycles. The molecule has 1 aromatic heterocycles. The molecule has 122 valence electrons. The lowest BCUT2D eigenvalue weighted by Gasteiger charge is -2.12. The van der Waals surface area contributed by atoms with Crippen LogP contribution in [0.3, 0.4) is 0 Å². The Bertz CT molecular complexity index is 780. The van der Waals surface area contributed by atoms with Gasteiger partial charge in [0.05, 0.1) is 6.04 Å². The summed E-state index contributed by atoms with van der Waals surface area (Å²) in [6, 6.07) is 10.3. The lowest BCUT2D eigenvalue weighted by atomic mass is 10.2. The van der Waals surface area contributed by atoms with Crippen molar-refractivity contribution >= 4 is 34.8 Å². The summed E-state index contributed by atoms with van der Waals surface area (Å²) < 4.78 is 0. The summed E-state index contributed by atoms with van der Waals surface area (Å²) in [4.78, 5) is 20.3. The molecule has 0 radical (unpaired) electrons. The first kappa shape index (κ1) is 16.2. The Morgan fingerprint density at radius 2 is 2.04 bits per heavy atom. The zero-order chi connectivity index (χ0) is 16.9. The van der Waals surface area contributed by atoms with Crippen LogP contribution in [0.25, 0.3) is 0 Å². The van der Waals surface area contributed by atoms with E-state index in [1.807, 2.05) is 6.07 Å². The number of halogens is 1. The predicted molar refractivity (Wildman–Crippen MR) is 91.1 cm³/mol. The van der Waals surface area contributed by atoms with Gasteiger partial charge in [-0.1, -0.05) is 11.6 Å². The third kappa shape index (κ3) is 3.98. The Labute approximate surface area is 144 Å². The summed E-state index contributed by atoms with van der Waals surface area (Å²) in [5, 5.41) is 18.6. The molecule has 1 aliphatic heterocycles. The maximum atomic E-state index is 12.2. The highest BCUT2D eigenvalue weighted by atomic mass is 35.5. The van der Waals surface area contributed by atoms with E-state index >= 15 is 0 Å². The van der Waals surface area contributed by atoms with Crippen molar-refractivity contribution in [3.63, 3.8) is 0 Å². The second-order valence-electron chi connectivity index (χ2n) is 5.34. The molecule has 2 heterocycles. The third-order valence-corrected chi connectivity index (χ3v) is 3.82. The minimum absolute atomic E-state index is 0.0244. The SMILES string of the molecule is N#Cc1nc(NC(=O)[C@@H]2CCCN2)cc(Nc2ccc(Cl)cc2)n1. The Kier molecular flexibility index (Phi) is 4.89. The Hall–Kier alpha value is -2.69. The van der Waals surface area contributed by atoms with Gasteiger partial charge in [0.1, 0.15) is 17.7 Å². The van der Waals surface area contributed by atoms with Crippen LogP contribution in [0.2, 0.25) is 5.02 Å². The number of rotatable bonds is 4. The van der Waals surface area contributed by atoms with Gasteiger partial charge in [-0.3, -0.25) is 4.79 Å². The molecule has 3 rings (SSSR count). The van der Waals surface area contributed by atoms with Crippen LogP contribution in [0.4, 0.5) is 17.3 Å². The molecule has 1 atom stereocenters. The number of nitrogens with one attached hydrogen (secondary N) is 3. The van der Waals surface area contributed by atoms with E-state index in [0.29, 0.717) is 10.8 Å². The van der Waals surface area contributed by atoms with Crippen LogP contribution in [0.1, 0.15) is 18.7 Å². The van der Waals surface area contributed by atoms with Crippen LogP contribution >= 0.6 is 11.6 Å². The number of benzene rings is 1. The summed E-state index contributed by atoms with van der Waals surface area (Å²) >= 11 is 5.86. The predicted octanol–water partition coefficient (Wildman–Crippen LogP) is 2.44. The number of anilines is 3. The van der Waals surface area contributed by atoms with E-state index < -0.39 is 0 Å². The van der Waals surface area contributed by atoms with Gasteiger partial charge in [0.2, 0.25) is 11.7 Å². The van der Waals surface area contributed by atoms with E-state index in [2.05, 4.69) is 25.9 Å². The van der Waals surface area contributed by atoms with Crippen LogP contribution in [0.15, 0.2) is 30.3 Å². The first-order chi connectivity index (χ1) is 11.6. The summed E-state index contributed by atoms with van der Waals surface area (Å²) in [6.07, 6.45) is 1.76. The minimum Gasteiger partial charge on any atom is -0.340 e. The van der Waals surface area contributed by atoms with E-state index in [-0.39, 0.29) is 23.6 Å². The number of aromatic nitrogens is 2. The van der Waals surface area contributed by atoms with Gasteiger partial charge < -0.3 is 16.0 Å². The highest BCUT2D eigenvalue weighted by Gasteiger charge is 2.22. The molecule has 1 aromatic carbocycles. The van der Waals surface area contributed by atoms with Crippen molar-refractivity contribution in [3.05, 3.63) is 41.2 Å². The van der Waals surface area contributed by atoms with Gasteiger partial charge >= 0.3 is 0 Å². The number of nitrogens with zero attached hydrogens (tertiary/aromatic N) is 3. The second kappa shape index (κ2) is 7.25. The molecule has 1 aliphatic rings. The largest absolute Gasteiger partial charge is 0.340 e. The average Bonchev–Trinajstić information content (AvgIpc) is 3.11. The van der Waals surface area contributed by atoms with Gasteiger partial charge in [-0.2, -0.15) is 5.26 Å². The maximum absolute atomic E-state index is 12.2. The first-order valence-corrected chi connectivity index (χ1v) is 7.88. The molecular weight excluding hydrogens is 328 g/mol. The fourth-order valence-electron chi connectivity index (χ4n) is 2.43. The van der Waals surface area contributed by atoms with Crippen molar-refractivity contribution in [2.45, 2.75) is 18.9 Å². The van der Waals surface area contributed by atoms with Gasteiger partial charge in [0, 0.05) is 16.8 Å². The van der Waals surface area contributed by atoms with Crippen molar-refractivity contribution in [2.24, 2.45) is 0 Å². The summed E-state index contributed by atoms with van der Waals surface area (Å²) in [7, 11) is 0. The molecule has 2 aromatic rings. The number of hydrogen-bond acceptors (Lipinski definition) is 6. The molecule has 1 saturated heterocycles. The molecule has 3 N–H and O–H groups in total. The van der Waals surface area contributed by atoms with Crippen molar-refractivity contribution in [1.82, 2.24) is 15.3 Å². The summed E-state index contributed by atoms with van der Waals surface area (Å²) in [5.74, 6) is 0.520. The van der Waals surface area contributed by atoms with Crippen molar-refractivity contribution in [3.8, 4) is 6.07 Å². The quantitative estimate of drug-likeness (QED) is 0.788. The zero-order valence-corrected chi connectivity index (χ0v) is 13.5. The normalized spacial score (nSPS) is 16.4. The lowest BCUT2D eigenvalue weighted by molar-refractivity contribution is -0.117. The van der Waals surface area contributed by atoms with Crippen molar-refractivity contribution < 1.29 is 4.79 Å². The Morgan fingerprint density at radius 1 is 1.29 bits per heavy atom. The maximum Gasteiger partial charge on any atom is 0.242 e. The fraction of sp³-hybridized carbons (Fsp3) is 0.250. The van der Waals surface area contributed by atoms with Gasteiger partial charge in [-0.15, -0.1) is 0 Å². The zero-order valence-electron chi connectivity index (χ0n) is 12.7. The molecule has 24 heavy (non-hydrogen) atoms.